The summed E-state index contributed by atoms with van der Waals surface area (Å²) in [5, 5.41) is 200. The van der Waals surface area contributed by atoms with E-state index >= 15 is 0 Å². The predicted octanol–water partition coefficient (Wildman–Crippen LogP) is -14.9. The van der Waals surface area contributed by atoms with E-state index < -0.39 is 260 Å². The number of rotatable bonds is 23. The lowest BCUT2D eigenvalue weighted by Gasteiger charge is -2.50. The van der Waals surface area contributed by atoms with Gasteiger partial charge in [0, 0.05) is 13.8 Å². The van der Waals surface area contributed by atoms with E-state index in [1.165, 1.54) is 0 Å². The van der Waals surface area contributed by atoms with E-state index in [-0.39, 0.29) is 0 Å². The summed E-state index contributed by atoms with van der Waals surface area (Å²) in [6.07, 6.45) is -55.5. The molecule has 6 saturated heterocycles. The lowest BCUT2D eigenvalue weighted by atomic mass is 9.93. The van der Waals surface area contributed by atoms with Crippen LogP contribution in [-0.2, 0) is 71.3 Å². The summed E-state index contributed by atoms with van der Waals surface area (Å²) >= 11 is 0. The summed E-state index contributed by atoms with van der Waals surface area (Å²) in [4.78, 5) is 48.8. The summed E-state index contributed by atoms with van der Waals surface area (Å²) in [5.41, 5.74) is 5.20. The number of aliphatic carboxylic acids is 1. The van der Waals surface area contributed by atoms with Crippen LogP contribution in [0.15, 0.2) is 0 Å². The number of carboxylic acids is 1. The van der Waals surface area contributed by atoms with Crippen LogP contribution in [0.2, 0.25) is 0 Å². The van der Waals surface area contributed by atoms with E-state index in [4.69, 9.17) is 57.8 Å². The van der Waals surface area contributed by atoms with Crippen molar-refractivity contribution in [3.05, 3.63) is 0 Å². The molecule has 37 nitrogen and oxygen atoms in total. The Kier molecular flexibility index (Phi) is 24.1. The normalized spacial score (nSPS) is 46.3. The molecule has 6 fully saturated rings. The van der Waals surface area contributed by atoms with Gasteiger partial charge >= 0.3 is 5.97 Å². The van der Waals surface area contributed by atoms with Crippen LogP contribution in [0.1, 0.15) is 20.3 Å². The highest BCUT2D eigenvalue weighted by molar-refractivity contribution is 5.83. The molecule has 0 spiro atoms. The minimum absolute atomic E-state index is 0.795. The molecule has 0 bridgehead atoms. The van der Waals surface area contributed by atoms with E-state index in [0.717, 1.165) is 13.8 Å². The SMILES string of the molecule is CC(=O)N[C@@H]1[C@@H](O)[C@H](O[C@@H]2O[C@H](CO)[C@@H](O[C@@H]3O[C@H](CO[C@H]4O[C@H](CO)[C@@H](O)[C@H](O[C@H]5O[C@H](CO)[C@@H](O)[C@H](O)[C@@H]5O)[C@@H]4O)[C@@H](O)[C@H](O[C@H]4O[C@H](CO)[C@@H](O)[C@H](O)[C@@H]4O)[C@@H]3O)[C@H](O)[C@H]2NC(C)=O)[C@@H](CO)O[C@H]1N[C@@H](CC(N)=O)C(=O)O. The van der Waals surface area contributed by atoms with Gasteiger partial charge in [-0.2, -0.15) is 0 Å². The summed E-state index contributed by atoms with van der Waals surface area (Å²) in [6, 6.07) is -5.23. The van der Waals surface area contributed by atoms with Crippen LogP contribution in [0.4, 0.5) is 0 Å². The first-order chi connectivity index (χ1) is 38.2. The zero-order valence-electron chi connectivity index (χ0n) is 43.1. The van der Waals surface area contributed by atoms with Crippen LogP contribution >= 0.6 is 0 Å². The van der Waals surface area contributed by atoms with Crippen molar-refractivity contribution in [3.63, 3.8) is 0 Å². The Morgan fingerprint density at radius 1 is 0.432 bits per heavy atom. The van der Waals surface area contributed by atoms with Gasteiger partial charge < -0.3 is 160 Å². The van der Waals surface area contributed by atoms with Crippen LogP contribution in [-0.4, -0.2) is 345 Å². The fraction of sp³-hybridized carbons (Fsp3) is 0.909. The van der Waals surface area contributed by atoms with Gasteiger partial charge in [0.25, 0.3) is 0 Å². The van der Waals surface area contributed by atoms with Crippen molar-refractivity contribution in [2.24, 2.45) is 5.73 Å². The standard InChI is InChI=1S/C44H74N4O33/c1-10(54)46-20-26(61)34(16(7-52)72-38(20)48-12(39(69)70)3-19(45)56)78-40-21(47-11(2)55)27(62)35(17(8-53)76-40)79-44-33(68)37(81-43-31(66)29(64)23(58)14(5-50)75-43)25(60)18(77-44)9-71-41-32(67)36(24(59)15(6-51)73-41)80-42-30(65)28(63)22(57)13(4-49)74-42/h12-18,20-38,40-44,48-53,57-68H,3-9H2,1-2H3,(H2,45,56)(H,46,54)(H,47,55)(H,69,70)/t12-,13+,14+,15+,16+,17+,18+,20+,21+,22+,23+,24+,25+,26+,27+,28-,29-,30-,31-,32-,33-,34+,35+,36-,37-,38+,40-,41-,42+,43+,44-/m0/s1. The van der Waals surface area contributed by atoms with Crippen molar-refractivity contribution in [1.29, 1.82) is 0 Å². The smallest absolute Gasteiger partial charge is 0.321 e. The third-order valence-electron chi connectivity index (χ3n) is 14.3. The maximum atomic E-state index is 12.7. The number of amides is 3. The molecule has 23 N–H and O–H groups in total. The maximum absolute atomic E-state index is 12.7. The van der Waals surface area contributed by atoms with Gasteiger partial charge in [-0.25, -0.2) is 0 Å². The molecule has 0 aromatic rings. The fourth-order valence-electron chi connectivity index (χ4n) is 10.00. The quantitative estimate of drug-likeness (QED) is 0.0452. The number of ether oxygens (including phenoxy) is 11. The van der Waals surface area contributed by atoms with Crippen LogP contribution in [0, 0.1) is 0 Å². The minimum atomic E-state index is -2.32. The summed E-state index contributed by atoms with van der Waals surface area (Å²) < 4.78 is 63.2. The number of carboxylic acid groups (broad SMARTS) is 1. The highest BCUT2D eigenvalue weighted by Crippen LogP contribution is 2.36. The first kappa shape index (κ1) is 66.9. The Hall–Kier alpha value is -3.28. The van der Waals surface area contributed by atoms with E-state index in [2.05, 4.69) is 16.0 Å². The van der Waals surface area contributed by atoms with Crippen molar-refractivity contribution < 1.29 is 163 Å². The molecule has 81 heavy (non-hydrogen) atoms. The molecule has 6 aliphatic heterocycles. The lowest BCUT2D eigenvalue weighted by Crippen LogP contribution is -2.72. The highest BCUT2D eigenvalue weighted by atomic mass is 16.8. The number of carbonyl (C=O) groups excluding carboxylic acids is 3. The number of hydrogen-bond donors (Lipinski definition) is 22. The molecule has 6 aliphatic rings. The molecule has 0 aliphatic carbocycles. The van der Waals surface area contributed by atoms with Crippen molar-refractivity contribution in [1.82, 2.24) is 16.0 Å². The molecule has 31 atom stereocenters. The average Bonchev–Trinajstić information content (AvgIpc) is 3.44. The van der Waals surface area contributed by atoms with Gasteiger partial charge in [0.05, 0.1) is 52.1 Å². The van der Waals surface area contributed by atoms with Gasteiger partial charge in [0.15, 0.2) is 31.5 Å². The van der Waals surface area contributed by atoms with Gasteiger partial charge in [0.1, 0.15) is 153 Å². The highest BCUT2D eigenvalue weighted by Gasteiger charge is 2.58. The predicted molar refractivity (Wildman–Crippen MR) is 249 cm³/mol. The third kappa shape index (κ3) is 15.2. The maximum Gasteiger partial charge on any atom is 0.321 e. The largest absolute Gasteiger partial charge is 0.480 e. The molecule has 468 valence electrons. The summed E-state index contributed by atoms with van der Waals surface area (Å²) in [5.74, 6) is -4.37. The molecule has 3 amide bonds. The number of nitrogens with two attached hydrogens (primary N) is 1. The van der Waals surface area contributed by atoms with Gasteiger partial charge in [-0.1, -0.05) is 0 Å². The van der Waals surface area contributed by atoms with Gasteiger partial charge in [0.2, 0.25) is 17.7 Å². The van der Waals surface area contributed by atoms with E-state index in [0.29, 0.717) is 0 Å². The Balaban J connectivity index is 1.27. The van der Waals surface area contributed by atoms with Gasteiger partial charge in [-0.05, 0) is 0 Å². The second-order valence-electron chi connectivity index (χ2n) is 20.0. The second kappa shape index (κ2) is 29.2. The first-order valence-electron chi connectivity index (χ1n) is 25.4. The molecule has 6 heterocycles. The number of aliphatic hydroxyl groups excluding tert-OH is 17. The van der Waals surface area contributed by atoms with Crippen LogP contribution < -0.4 is 21.7 Å². The summed E-state index contributed by atoms with van der Waals surface area (Å²) in [6.45, 7) is -4.00. The second-order valence-corrected chi connectivity index (χ2v) is 20.0. The molecule has 37 heteroatoms. The van der Waals surface area contributed by atoms with Crippen molar-refractivity contribution in [2.45, 2.75) is 210 Å². The zero-order valence-corrected chi connectivity index (χ0v) is 43.1. The van der Waals surface area contributed by atoms with Crippen molar-refractivity contribution >= 4 is 23.7 Å². The Morgan fingerprint density at radius 2 is 0.802 bits per heavy atom. The van der Waals surface area contributed by atoms with Crippen LogP contribution in [0.5, 0.6) is 0 Å². The van der Waals surface area contributed by atoms with E-state index in [9.17, 15) is 111 Å². The molecule has 0 radical (unpaired) electrons. The number of nitrogens with one attached hydrogen (secondary N) is 3. The first-order valence-corrected chi connectivity index (χ1v) is 25.4. The topological polar surface area (TPSA) is 596 Å². The molecular weight excluding hydrogens is 1110 g/mol. The lowest BCUT2D eigenvalue weighted by molar-refractivity contribution is -0.386. The minimum Gasteiger partial charge on any atom is -0.480 e. The number of aliphatic hydroxyl groups is 17. The van der Waals surface area contributed by atoms with Crippen LogP contribution in [0.25, 0.3) is 0 Å². The van der Waals surface area contributed by atoms with Gasteiger partial charge in [-0.15, -0.1) is 0 Å². The fourth-order valence-corrected chi connectivity index (χ4v) is 10.00. The molecule has 0 unspecified atom stereocenters. The molecule has 6 rings (SSSR count). The van der Waals surface area contributed by atoms with E-state index in [1.807, 2.05) is 0 Å². The third-order valence-corrected chi connectivity index (χ3v) is 14.3. The van der Waals surface area contributed by atoms with E-state index in [1.54, 1.807) is 0 Å². The summed E-state index contributed by atoms with van der Waals surface area (Å²) in [7, 11) is 0. The Labute approximate surface area is 458 Å². The molecule has 0 aromatic heterocycles. The van der Waals surface area contributed by atoms with Crippen molar-refractivity contribution in [3.8, 4) is 0 Å². The zero-order chi connectivity index (χ0) is 60.1. The molecular formula is C44H74N4O33. The number of hydrogen-bond acceptors (Lipinski definition) is 33. The average molecular weight is 1190 g/mol. The Bertz CT molecular complexity index is 2040. The van der Waals surface area contributed by atoms with Crippen molar-refractivity contribution in [2.75, 3.05) is 39.6 Å². The monoisotopic (exact) mass is 1190 g/mol. The number of primary amides is 1. The number of carbonyl (C=O) groups is 4. The Morgan fingerprint density at radius 3 is 1.27 bits per heavy atom. The molecule has 0 saturated carbocycles. The molecule has 0 aromatic carbocycles. The van der Waals surface area contributed by atoms with Crippen LogP contribution in [0.3, 0.4) is 0 Å². The van der Waals surface area contributed by atoms with Gasteiger partial charge in [-0.3, -0.25) is 24.5 Å².